The van der Waals surface area contributed by atoms with Crippen molar-refractivity contribution in [3.8, 4) is 0 Å². The highest BCUT2D eigenvalue weighted by atomic mass is 35.5. The van der Waals surface area contributed by atoms with Crippen LogP contribution < -0.4 is 5.73 Å². The van der Waals surface area contributed by atoms with E-state index >= 15 is 0 Å². The van der Waals surface area contributed by atoms with Gasteiger partial charge in [-0.25, -0.2) is 8.42 Å². The van der Waals surface area contributed by atoms with E-state index in [1.807, 2.05) is 0 Å². The summed E-state index contributed by atoms with van der Waals surface area (Å²) < 4.78 is 23.7. The van der Waals surface area contributed by atoms with E-state index in [0.717, 1.165) is 6.26 Å². The van der Waals surface area contributed by atoms with Crippen LogP contribution in [0.25, 0.3) is 0 Å². The van der Waals surface area contributed by atoms with Crippen molar-refractivity contribution in [1.29, 1.82) is 0 Å². The fraction of sp³-hybridized carbons (Fsp3) is 0.667. The summed E-state index contributed by atoms with van der Waals surface area (Å²) in [4.78, 5) is 0. The third kappa shape index (κ3) is 2.09. The molecule has 0 saturated heterocycles. The summed E-state index contributed by atoms with van der Waals surface area (Å²) in [5, 5.41) is 4.32. The monoisotopic (exact) mass is 265 g/mol. The first-order chi connectivity index (χ1) is 7.09. The first-order valence-corrected chi connectivity index (χ1v) is 6.98. The number of halogens is 1. The second kappa shape index (κ2) is 4.01. The Bertz CT molecular complexity index is 473. The van der Waals surface area contributed by atoms with Gasteiger partial charge in [0, 0.05) is 13.3 Å². The minimum atomic E-state index is -3.29. The van der Waals surface area contributed by atoms with Gasteiger partial charge in [-0.2, -0.15) is 5.10 Å². The van der Waals surface area contributed by atoms with Crippen LogP contribution in [0.4, 0.5) is 0 Å². The van der Waals surface area contributed by atoms with Gasteiger partial charge in [0.1, 0.15) is 0 Å². The second-order valence-corrected chi connectivity index (χ2v) is 7.36. The Kier molecular flexibility index (Phi) is 3.38. The van der Waals surface area contributed by atoms with Gasteiger partial charge < -0.3 is 5.73 Å². The van der Waals surface area contributed by atoms with Crippen molar-refractivity contribution < 1.29 is 8.42 Å². The molecule has 0 aliphatic heterocycles. The third-order valence-corrected chi connectivity index (χ3v) is 5.39. The summed E-state index contributed by atoms with van der Waals surface area (Å²) in [6.07, 6.45) is 2.62. The number of aromatic nitrogens is 2. The molecular formula is C9H16ClN3O2S. The Morgan fingerprint density at radius 1 is 1.56 bits per heavy atom. The van der Waals surface area contributed by atoms with Gasteiger partial charge in [0.25, 0.3) is 0 Å². The summed E-state index contributed by atoms with van der Waals surface area (Å²) in [6, 6.07) is -0.720. The van der Waals surface area contributed by atoms with Gasteiger partial charge in [0.15, 0.2) is 9.84 Å². The summed E-state index contributed by atoms with van der Waals surface area (Å²) in [7, 11) is -1.61. The maximum atomic E-state index is 11.7. The molecule has 92 valence electrons. The van der Waals surface area contributed by atoms with Crippen LogP contribution in [0, 0.1) is 0 Å². The predicted molar refractivity (Wildman–Crippen MR) is 64.1 cm³/mol. The largest absolute Gasteiger partial charge is 0.321 e. The number of nitrogens with two attached hydrogens (primary N) is 1. The Balaban J connectivity index is 3.28. The molecule has 1 aromatic heterocycles. The topological polar surface area (TPSA) is 78.0 Å². The van der Waals surface area contributed by atoms with E-state index in [4.69, 9.17) is 17.3 Å². The maximum Gasteiger partial charge on any atom is 0.154 e. The zero-order valence-corrected chi connectivity index (χ0v) is 11.3. The van der Waals surface area contributed by atoms with Gasteiger partial charge in [-0.05, 0) is 13.8 Å². The molecule has 0 bridgehead atoms. The number of sulfone groups is 1. The SMILES string of the molecule is Cn1ncc(Cl)c1C(N)C(C)(C)S(C)(=O)=O. The molecule has 1 rings (SSSR count). The zero-order valence-electron chi connectivity index (χ0n) is 9.73. The smallest absolute Gasteiger partial charge is 0.154 e. The first-order valence-electron chi connectivity index (χ1n) is 4.71. The molecule has 16 heavy (non-hydrogen) atoms. The average molecular weight is 266 g/mol. The van der Waals surface area contributed by atoms with Crippen molar-refractivity contribution >= 4 is 21.4 Å². The molecule has 0 aliphatic rings. The van der Waals surface area contributed by atoms with Crippen LogP contribution in [0.1, 0.15) is 25.6 Å². The quantitative estimate of drug-likeness (QED) is 0.881. The minimum absolute atomic E-state index is 0.381. The zero-order chi connectivity index (χ0) is 12.7. The van der Waals surface area contributed by atoms with E-state index in [0.29, 0.717) is 10.7 Å². The number of nitrogens with zero attached hydrogens (tertiary/aromatic N) is 2. The number of hydrogen-bond acceptors (Lipinski definition) is 4. The van der Waals surface area contributed by atoms with Crippen LogP contribution in [0.2, 0.25) is 5.02 Å². The van der Waals surface area contributed by atoms with Crippen molar-refractivity contribution in [2.75, 3.05) is 6.26 Å². The number of rotatable bonds is 3. The molecular weight excluding hydrogens is 250 g/mol. The molecule has 7 heteroatoms. The summed E-state index contributed by atoms with van der Waals surface area (Å²) in [5.41, 5.74) is 6.51. The van der Waals surface area contributed by atoms with E-state index in [1.165, 1.54) is 10.9 Å². The average Bonchev–Trinajstić information content (AvgIpc) is 2.43. The fourth-order valence-corrected chi connectivity index (χ4v) is 2.19. The number of aryl methyl sites for hydroxylation is 1. The molecule has 0 fully saturated rings. The standard InChI is InChI=1S/C9H16ClN3O2S/c1-9(2,16(4,14)15)8(11)7-6(10)5-12-13(7)3/h5,8H,11H2,1-4H3. The lowest BCUT2D eigenvalue weighted by atomic mass is 10.0. The molecule has 1 heterocycles. The van der Waals surface area contributed by atoms with Gasteiger partial charge in [0.05, 0.1) is 27.7 Å². The van der Waals surface area contributed by atoms with E-state index < -0.39 is 20.6 Å². The van der Waals surface area contributed by atoms with Gasteiger partial charge in [-0.3, -0.25) is 4.68 Å². The molecule has 1 unspecified atom stereocenters. The van der Waals surface area contributed by atoms with E-state index in [2.05, 4.69) is 5.10 Å². The maximum absolute atomic E-state index is 11.7. The lowest BCUT2D eigenvalue weighted by molar-refractivity contribution is 0.475. The van der Waals surface area contributed by atoms with Crippen LogP contribution in [-0.2, 0) is 16.9 Å². The Morgan fingerprint density at radius 2 is 2.06 bits per heavy atom. The predicted octanol–water partition coefficient (Wildman–Crippen LogP) is 0.897. The second-order valence-electron chi connectivity index (χ2n) is 4.35. The minimum Gasteiger partial charge on any atom is -0.321 e. The summed E-state index contributed by atoms with van der Waals surface area (Å²) in [6.45, 7) is 3.16. The highest BCUT2D eigenvalue weighted by Crippen LogP contribution is 2.33. The van der Waals surface area contributed by atoms with Gasteiger partial charge in [0.2, 0.25) is 0 Å². The molecule has 2 N–H and O–H groups in total. The first kappa shape index (κ1) is 13.5. The molecule has 0 radical (unpaired) electrons. The van der Waals surface area contributed by atoms with Crippen molar-refractivity contribution in [2.45, 2.75) is 24.6 Å². The Hall–Kier alpha value is -0.590. The molecule has 0 spiro atoms. The molecule has 0 aromatic carbocycles. The van der Waals surface area contributed by atoms with Gasteiger partial charge >= 0.3 is 0 Å². The van der Waals surface area contributed by atoms with Crippen LogP contribution in [-0.4, -0.2) is 29.2 Å². The Labute approximate surface area is 100 Å². The van der Waals surface area contributed by atoms with E-state index in [9.17, 15) is 8.42 Å². The molecule has 0 saturated carbocycles. The molecule has 0 amide bonds. The molecule has 5 nitrogen and oxygen atoms in total. The van der Waals surface area contributed by atoms with Crippen molar-refractivity contribution in [3.63, 3.8) is 0 Å². The number of hydrogen-bond donors (Lipinski definition) is 1. The highest BCUT2D eigenvalue weighted by molar-refractivity contribution is 7.92. The Morgan fingerprint density at radius 3 is 2.38 bits per heavy atom. The van der Waals surface area contributed by atoms with Crippen molar-refractivity contribution in [3.05, 3.63) is 16.9 Å². The van der Waals surface area contributed by atoms with Crippen LogP contribution >= 0.6 is 11.6 Å². The van der Waals surface area contributed by atoms with Crippen LogP contribution in [0.3, 0.4) is 0 Å². The molecule has 1 aromatic rings. The van der Waals surface area contributed by atoms with E-state index in [-0.39, 0.29) is 0 Å². The van der Waals surface area contributed by atoms with Crippen molar-refractivity contribution in [1.82, 2.24) is 9.78 Å². The lowest BCUT2D eigenvalue weighted by Gasteiger charge is -2.29. The normalized spacial score (nSPS) is 15.1. The van der Waals surface area contributed by atoms with Crippen LogP contribution in [0.5, 0.6) is 0 Å². The summed E-state index contributed by atoms with van der Waals surface area (Å²) >= 11 is 5.94. The van der Waals surface area contributed by atoms with Gasteiger partial charge in [-0.15, -0.1) is 0 Å². The fourth-order valence-electron chi connectivity index (χ4n) is 1.33. The van der Waals surface area contributed by atoms with Crippen molar-refractivity contribution in [2.24, 2.45) is 12.8 Å². The highest BCUT2D eigenvalue weighted by Gasteiger charge is 2.40. The van der Waals surface area contributed by atoms with E-state index in [1.54, 1.807) is 20.9 Å². The third-order valence-electron chi connectivity index (χ3n) is 2.94. The molecule has 1 atom stereocenters. The molecule has 0 aliphatic carbocycles. The lowest BCUT2D eigenvalue weighted by Crippen LogP contribution is -2.43. The van der Waals surface area contributed by atoms with Crippen LogP contribution in [0.15, 0.2) is 6.20 Å². The summed E-state index contributed by atoms with van der Waals surface area (Å²) in [5.74, 6) is 0. The van der Waals surface area contributed by atoms with Gasteiger partial charge in [-0.1, -0.05) is 11.6 Å².